The topological polar surface area (TPSA) is 26.0 Å². The first-order valence-corrected chi connectivity index (χ1v) is 6.59. The lowest BCUT2D eigenvalue weighted by Gasteiger charge is -2.24. The Hall–Kier alpha value is -0.530. The first kappa shape index (κ1) is 17.5. The predicted octanol–water partition coefficient (Wildman–Crippen LogP) is 4.70. The first-order chi connectivity index (χ1) is 7.77. The van der Waals surface area contributed by atoms with E-state index in [-0.39, 0.29) is 18.4 Å². The summed E-state index contributed by atoms with van der Waals surface area (Å²) in [5, 5.41) is 0. The lowest BCUT2D eigenvalue weighted by Crippen LogP contribution is -2.17. The van der Waals surface area contributed by atoms with Crippen LogP contribution in [0.15, 0.2) is 0 Å². The van der Waals surface area contributed by atoms with E-state index in [1.807, 2.05) is 0 Å². The van der Waals surface area contributed by atoms with Crippen LogP contribution in [0.5, 0.6) is 0 Å². The van der Waals surface area contributed by atoms with Crippen molar-refractivity contribution in [1.29, 1.82) is 0 Å². The average molecular weight is 270 g/mol. The molecule has 0 fully saturated rings. The molecule has 2 heteroatoms. The van der Waals surface area contributed by atoms with E-state index in [1.54, 1.807) is 0 Å². The van der Waals surface area contributed by atoms with Crippen molar-refractivity contribution in [3.8, 4) is 0 Å². The molecule has 1 atom stereocenters. The van der Waals surface area contributed by atoms with Gasteiger partial charge in [-0.25, -0.2) is 0 Å². The van der Waals surface area contributed by atoms with E-state index in [0.717, 1.165) is 6.42 Å². The molecular formula is C16H28ClN. The minimum atomic E-state index is 0. The van der Waals surface area contributed by atoms with Gasteiger partial charge in [0.25, 0.3) is 0 Å². The molecule has 18 heavy (non-hydrogen) atoms. The molecule has 0 spiro atoms. The Balaban J connectivity index is 0.00000289. The summed E-state index contributed by atoms with van der Waals surface area (Å²) >= 11 is 0. The third-order valence-corrected chi connectivity index (χ3v) is 4.15. The van der Waals surface area contributed by atoms with Gasteiger partial charge in [-0.2, -0.15) is 0 Å². The van der Waals surface area contributed by atoms with Crippen LogP contribution in [0.25, 0.3) is 0 Å². The van der Waals surface area contributed by atoms with E-state index >= 15 is 0 Å². The van der Waals surface area contributed by atoms with E-state index in [4.69, 9.17) is 5.73 Å². The maximum atomic E-state index is 6.39. The first-order valence-electron chi connectivity index (χ1n) is 6.59. The molecule has 1 nitrogen and oxygen atoms in total. The molecule has 1 aromatic rings. The molecule has 0 aliphatic carbocycles. The highest BCUT2D eigenvalue weighted by atomic mass is 35.5. The molecule has 0 saturated carbocycles. The zero-order valence-electron chi connectivity index (χ0n) is 12.8. The highest BCUT2D eigenvalue weighted by Gasteiger charge is 2.18. The lowest BCUT2D eigenvalue weighted by atomic mass is 9.84. The Morgan fingerprint density at radius 1 is 0.778 bits per heavy atom. The van der Waals surface area contributed by atoms with Crippen LogP contribution < -0.4 is 5.73 Å². The molecule has 0 aliphatic heterocycles. The molecule has 0 amide bonds. The van der Waals surface area contributed by atoms with E-state index in [0.29, 0.717) is 5.92 Å². The van der Waals surface area contributed by atoms with Crippen molar-refractivity contribution in [2.24, 2.45) is 11.7 Å². The van der Waals surface area contributed by atoms with Gasteiger partial charge in [-0.1, -0.05) is 13.8 Å². The van der Waals surface area contributed by atoms with Gasteiger partial charge in [0, 0.05) is 6.04 Å². The van der Waals surface area contributed by atoms with Gasteiger partial charge in [0.2, 0.25) is 0 Å². The molecule has 1 aromatic carbocycles. The Morgan fingerprint density at radius 3 is 1.44 bits per heavy atom. The monoisotopic (exact) mass is 269 g/mol. The molecule has 104 valence electrons. The van der Waals surface area contributed by atoms with Crippen LogP contribution in [0.2, 0.25) is 0 Å². The SMILES string of the molecule is Cc1c(C)c(C)c([C@@H](N)CC(C)C)c(C)c1C.Cl. The van der Waals surface area contributed by atoms with E-state index in [1.165, 1.54) is 33.4 Å². The predicted molar refractivity (Wildman–Crippen MR) is 83.8 cm³/mol. The third kappa shape index (κ3) is 3.27. The Bertz CT molecular complexity index is 393. The summed E-state index contributed by atoms with van der Waals surface area (Å²) in [5.74, 6) is 0.644. The second kappa shape index (κ2) is 6.58. The molecule has 0 unspecified atom stereocenters. The van der Waals surface area contributed by atoms with Gasteiger partial charge in [0.05, 0.1) is 0 Å². The molecule has 0 heterocycles. The number of benzene rings is 1. The number of hydrogen-bond donors (Lipinski definition) is 1. The van der Waals surface area contributed by atoms with Gasteiger partial charge in [-0.3, -0.25) is 0 Å². The second-order valence-corrected chi connectivity index (χ2v) is 5.77. The van der Waals surface area contributed by atoms with Crippen molar-refractivity contribution in [2.45, 2.75) is 60.9 Å². The van der Waals surface area contributed by atoms with Crippen LogP contribution in [-0.2, 0) is 0 Å². The average Bonchev–Trinajstić information content (AvgIpc) is 2.23. The summed E-state index contributed by atoms with van der Waals surface area (Å²) < 4.78 is 0. The zero-order valence-corrected chi connectivity index (χ0v) is 13.7. The Morgan fingerprint density at radius 2 is 1.11 bits per heavy atom. The number of halogens is 1. The summed E-state index contributed by atoms with van der Waals surface area (Å²) in [4.78, 5) is 0. The van der Waals surface area contributed by atoms with Crippen LogP contribution in [0.1, 0.15) is 59.7 Å². The van der Waals surface area contributed by atoms with Crippen LogP contribution >= 0.6 is 12.4 Å². The zero-order chi connectivity index (χ0) is 13.3. The molecule has 1 rings (SSSR count). The fraction of sp³-hybridized carbons (Fsp3) is 0.625. The van der Waals surface area contributed by atoms with Crippen LogP contribution in [0.3, 0.4) is 0 Å². The second-order valence-electron chi connectivity index (χ2n) is 5.77. The minimum absolute atomic E-state index is 0. The van der Waals surface area contributed by atoms with Gasteiger partial charge in [-0.15, -0.1) is 12.4 Å². The lowest BCUT2D eigenvalue weighted by molar-refractivity contribution is 0.506. The normalized spacial score (nSPS) is 12.5. The third-order valence-electron chi connectivity index (χ3n) is 4.15. The summed E-state index contributed by atoms with van der Waals surface area (Å²) in [5.41, 5.74) is 14.8. The summed E-state index contributed by atoms with van der Waals surface area (Å²) in [6, 6.07) is 0.174. The van der Waals surface area contributed by atoms with E-state index in [9.17, 15) is 0 Å². The van der Waals surface area contributed by atoms with Crippen LogP contribution in [0.4, 0.5) is 0 Å². The summed E-state index contributed by atoms with van der Waals surface area (Å²) in [6.45, 7) is 15.5. The van der Waals surface area contributed by atoms with E-state index < -0.39 is 0 Å². The molecule has 0 saturated heterocycles. The summed E-state index contributed by atoms with van der Waals surface area (Å²) in [6.07, 6.45) is 1.06. The summed E-state index contributed by atoms with van der Waals surface area (Å²) in [7, 11) is 0. The van der Waals surface area contributed by atoms with Crippen molar-refractivity contribution >= 4 is 12.4 Å². The largest absolute Gasteiger partial charge is 0.324 e. The van der Waals surface area contributed by atoms with Gasteiger partial charge in [-0.05, 0) is 80.3 Å². The van der Waals surface area contributed by atoms with Crippen molar-refractivity contribution in [3.05, 3.63) is 33.4 Å². The number of nitrogens with two attached hydrogens (primary N) is 1. The number of rotatable bonds is 3. The minimum Gasteiger partial charge on any atom is -0.324 e. The maximum absolute atomic E-state index is 6.39. The van der Waals surface area contributed by atoms with Crippen molar-refractivity contribution in [2.75, 3.05) is 0 Å². The molecular weight excluding hydrogens is 242 g/mol. The molecule has 0 bridgehead atoms. The molecule has 0 aromatic heterocycles. The van der Waals surface area contributed by atoms with Gasteiger partial charge < -0.3 is 5.73 Å². The van der Waals surface area contributed by atoms with Crippen LogP contribution in [0, 0.1) is 40.5 Å². The fourth-order valence-corrected chi connectivity index (χ4v) is 2.71. The molecule has 0 radical (unpaired) electrons. The highest BCUT2D eigenvalue weighted by Crippen LogP contribution is 2.31. The standard InChI is InChI=1S/C16H27N.ClH/c1-9(2)8-15(17)16-13(6)11(4)10(3)12(5)14(16)7;/h9,15H,8,17H2,1-7H3;1H/t15-;/m0./s1. The van der Waals surface area contributed by atoms with Crippen molar-refractivity contribution < 1.29 is 0 Å². The highest BCUT2D eigenvalue weighted by molar-refractivity contribution is 5.85. The molecule has 2 N–H and O–H groups in total. The maximum Gasteiger partial charge on any atom is 0.0302 e. The van der Waals surface area contributed by atoms with Gasteiger partial charge in [0.15, 0.2) is 0 Å². The van der Waals surface area contributed by atoms with Crippen LogP contribution in [-0.4, -0.2) is 0 Å². The Labute approximate surface area is 119 Å². The van der Waals surface area contributed by atoms with E-state index in [2.05, 4.69) is 48.5 Å². The smallest absolute Gasteiger partial charge is 0.0302 e. The number of hydrogen-bond acceptors (Lipinski definition) is 1. The van der Waals surface area contributed by atoms with Gasteiger partial charge >= 0.3 is 0 Å². The quantitative estimate of drug-likeness (QED) is 0.846. The fourth-order valence-electron chi connectivity index (χ4n) is 2.71. The van der Waals surface area contributed by atoms with Crippen molar-refractivity contribution in [1.82, 2.24) is 0 Å². The molecule has 0 aliphatic rings. The Kier molecular flexibility index (Phi) is 6.39. The van der Waals surface area contributed by atoms with Gasteiger partial charge in [0.1, 0.15) is 0 Å². The van der Waals surface area contributed by atoms with Crippen molar-refractivity contribution in [3.63, 3.8) is 0 Å².